The summed E-state index contributed by atoms with van der Waals surface area (Å²) in [5, 5.41) is 3.41. The molecule has 0 unspecified atom stereocenters. The number of carbonyl (C=O) groups is 1. The van der Waals surface area contributed by atoms with Crippen LogP contribution in [0.5, 0.6) is 5.75 Å². The van der Waals surface area contributed by atoms with Gasteiger partial charge in [0.15, 0.2) is 6.10 Å². The van der Waals surface area contributed by atoms with Crippen LogP contribution in [0.15, 0.2) is 54.6 Å². The summed E-state index contributed by atoms with van der Waals surface area (Å²) in [4.78, 5) is 11.9. The Morgan fingerprint density at radius 2 is 1.83 bits per heavy atom. The largest absolute Gasteiger partial charge is 0.481 e. The van der Waals surface area contributed by atoms with Crippen LogP contribution in [0.4, 0.5) is 0 Å². The second-order valence-electron chi connectivity index (χ2n) is 5.04. The molecule has 1 atom stereocenters. The van der Waals surface area contributed by atoms with Crippen LogP contribution in [0.1, 0.15) is 12.5 Å². The van der Waals surface area contributed by atoms with Crippen molar-refractivity contribution in [1.29, 1.82) is 0 Å². The molecule has 0 radical (unpaired) electrons. The molecule has 5 heteroatoms. The van der Waals surface area contributed by atoms with Crippen molar-refractivity contribution < 1.29 is 14.3 Å². The van der Waals surface area contributed by atoms with Crippen LogP contribution in [-0.2, 0) is 16.1 Å². The van der Waals surface area contributed by atoms with E-state index < -0.39 is 6.10 Å². The van der Waals surface area contributed by atoms with E-state index in [4.69, 9.17) is 21.1 Å². The fourth-order valence-electron chi connectivity index (χ4n) is 1.93. The second-order valence-corrected chi connectivity index (χ2v) is 5.48. The van der Waals surface area contributed by atoms with Crippen molar-refractivity contribution in [2.45, 2.75) is 19.6 Å². The Morgan fingerprint density at radius 3 is 2.52 bits per heavy atom. The highest BCUT2D eigenvalue weighted by molar-refractivity contribution is 6.30. The van der Waals surface area contributed by atoms with Crippen LogP contribution in [0, 0.1) is 0 Å². The minimum Gasteiger partial charge on any atom is -0.481 e. The number of hydrogen-bond acceptors (Lipinski definition) is 3. The van der Waals surface area contributed by atoms with Crippen LogP contribution >= 0.6 is 11.6 Å². The van der Waals surface area contributed by atoms with Gasteiger partial charge in [0.2, 0.25) is 0 Å². The normalized spacial score (nSPS) is 11.7. The molecule has 0 aliphatic rings. The SMILES string of the molecule is C[C@H](Oc1ccc(Cl)cc1)C(=O)NCCOCc1ccccc1. The topological polar surface area (TPSA) is 47.6 Å². The molecule has 0 spiro atoms. The van der Waals surface area contributed by atoms with Gasteiger partial charge in [-0.05, 0) is 36.8 Å². The zero-order valence-electron chi connectivity index (χ0n) is 13.0. The lowest BCUT2D eigenvalue weighted by molar-refractivity contribution is -0.127. The van der Waals surface area contributed by atoms with E-state index >= 15 is 0 Å². The molecule has 23 heavy (non-hydrogen) atoms. The molecule has 0 bridgehead atoms. The van der Waals surface area contributed by atoms with E-state index in [1.54, 1.807) is 31.2 Å². The summed E-state index contributed by atoms with van der Waals surface area (Å²) in [6.07, 6.45) is -0.578. The van der Waals surface area contributed by atoms with Crippen molar-refractivity contribution in [3.05, 3.63) is 65.2 Å². The van der Waals surface area contributed by atoms with Gasteiger partial charge in [0.25, 0.3) is 5.91 Å². The van der Waals surface area contributed by atoms with Gasteiger partial charge in [0, 0.05) is 11.6 Å². The van der Waals surface area contributed by atoms with Crippen LogP contribution in [0.3, 0.4) is 0 Å². The summed E-state index contributed by atoms with van der Waals surface area (Å²) in [7, 11) is 0. The number of ether oxygens (including phenoxy) is 2. The van der Waals surface area contributed by atoms with E-state index in [2.05, 4.69) is 5.32 Å². The van der Waals surface area contributed by atoms with Gasteiger partial charge in [0.05, 0.1) is 13.2 Å². The first kappa shape index (κ1) is 17.3. The Hall–Kier alpha value is -2.04. The summed E-state index contributed by atoms with van der Waals surface area (Å²) < 4.78 is 11.1. The molecule has 4 nitrogen and oxygen atoms in total. The van der Waals surface area contributed by atoms with E-state index in [0.29, 0.717) is 30.5 Å². The fourth-order valence-corrected chi connectivity index (χ4v) is 2.05. The second kappa shape index (κ2) is 9.18. The highest BCUT2D eigenvalue weighted by Gasteiger charge is 2.13. The Bertz CT molecular complexity index is 601. The van der Waals surface area contributed by atoms with Gasteiger partial charge >= 0.3 is 0 Å². The highest BCUT2D eigenvalue weighted by atomic mass is 35.5. The van der Waals surface area contributed by atoms with Crippen LogP contribution in [0.2, 0.25) is 5.02 Å². The van der Waals surface area contributed by atoms with Gasteiger partial charge < -0.3 is 14.8 Å². The average molecular weight is 334 g/mol. The first-order chi connectivity index (χ1) is 11.1. The molecule has 0 heterocycles. The average Bonchev–Trinajstić information content (AvgIpc) is 2.57. The number of hydrogen-bond donors (Lipinski definition) is 1. The lowest BCUT2D eigenvalue weighted by Crippen LogP contribution is -2.38. The lowest BCUT2D eigenvalue weighted by atomic mass is 10.2. The maximum atomic E-state index is 11.9. The van der Waals surface area contributed by atoms with Crippen LogP contribution in [-0.4, -0.2) is 25.2 Å². The number of halogens is 1. The summed E-state index contributed by atoms with van der Waals surface area (Å²) in [6.45, 7) is 3.14. The fraction of sp³-hybridized carbons (Fsp3) is 0.278. The third-order valence-electron chi connectivity index (χ3n) is 3.15. The predicted molar refractivity (Wildman–Crippen MR) is 90.6 cm³/mol. The molecular formula is C18H20ClNO3. The van der Waals surface area contributed by atoms with E-state index in [0.717, 1.165) is 5.56 Å². The Labute approximate surface area is 141 Å². The summed E-state index contributed by atoms with van der Waals surface area (Å²) in [6, 6.07) is 16.8. The molecule has 0 fully saturated rings. The Balaban J connectivity index is 1.63. The van der Waals surface area contributed by atoms with Gasteiger partial charge in [-0.15, -0.1) is 0 Å². The summed E-state index contributed by atoms with van der Waals surface area (Å²) in [5.74, 6) is 0.431. The molecule has 0 saturated heterocycles. The summed E-state index contributed by atoms with van der Waals surface area (Å²) in [5.41, 5.74) is 1.11. The zero-order valence-corrected chi connectivity index (χ0v) is 13.8. The highest BCUT2D eigenvalue weighted by Crippen LogP contribution is 2.16. The molecule has 1 amide bonds. The van der Waals surface area contributed by atoms with Crippen molar-refractivity contribution in [1.82, 2.24) is 5.32 Å². The number of carbonyl (C=O) groups excluding carboxylic acids is 1. The number of nitrogens with one attached hydrogen (secondary N) is 1. The molecule has 122 valence electrons. The zero-order chi connectivity index (χ0) is 16.5. The molecular weight excluding hydrogens is 314 g/mol. The smallest absolute Gasteiger partial charge is 0.260 e. The maximum absolute atomic E-state index is 11.9. The van der Waals surface area contributed by atoms with Gasteiger partial charge in [-0.25, -0.2) is 0 Å². The monoisotopic (exact) mass is 333 g/mol. The molecule has 0 saturated carbocycles. The molecule has 2 aromatic carbocycles. The minimum atomic E-state index is -0.578. The third-order valence-corrected chi connectivity index (χ3v) is 3.40. The lowest BCUT2D eigenvalue weighted by Gasteiger charge is -2.14. The Morgan fingerprint density at radius 1 is 1.13 bits per heavy atom. The van der Waals surface area contributed by atoms with Crippen molar-refractivity contribution in [2.75, 3.05) is 13.2 Å². The van der Waals surface area contributed by atoms with Crippen molar-refractivity contribution in [2.24, 2.45) is 0 Å². The predicted octanol–water partition coefficient (Wildman–Crippen LogP) is 3.44. The Kier molecular flexibility index (Phi) is 6.91. The molecule has 0 aliphatic carbocycles. The van der Waals surface area contributed by atoms with Gasteiger partial charge in [-0.3, -0.25) is 4.79 Å². The number of benzene rings is 2. The van der Waals surface area contributed by atoms with Crippen LogP contribution < -0.4 is 10.1 Å². The minimum absolute atomic E-state index is 0.178. The number of amides is 1. The van der Waals surface area contributed by atoms with Gasteiger partial charge in [-0.1, -0.05) is 41.9 Å². The summed E-state index contributed by atoms with van der Waals surface area (Å²) >= 11 is 5.80. The van der Waals surface area contributed by atoms with Crippen molar-refractivity contribution in [3.8, 4) is 5.75 Å². The number of rotatable bonds is 8. The van der Waals surface area contributed by atoms with E-state index in [1.165, 1.54) is 0 Å². The molecule has 0 aromatic heterocycles. The molecule has 2 aromatic rings. The van der Waals surface area contributed by atoms with Crippen LogP contribution in [0.25, 0.3) is 0 Å². The molecule has 2 rings (SSSR count). The molecule has 0 aliphatic heterocycles. The third kappa shape index (κ3) is 6.30. The quantitative estimate of drug-likeness (QED) is 0.753. The first-order valence-corrected chi connectivity index (χ1v) is 7.84. The van der Waals surface area contributed by atoms with Gasteiger partial charge in [0.1, 0.15) is 5.75 Å². The van der Waals surface area contributed by atoms with Crippen molar-refractivity contribution in [3.63, 3.8) is 0 Å². The van der Waals surface area contributed by atoms with E-state index in [1.807, 2.05) is 30.3 Å². The first-order valence-electron chi connectivity index (χ1n) is 7.47. The van der Waals surface area contributed by atoms with E-state index in [-0.39, 0.29) is 5.91 Å². The van der Waals surface area contributed by atoms with Crippen molar-refractivity contribution >= 4 is 17.5 Å². The molecule has 1 N–H and O–H groups in total. The van der Waals surface area contributed by atoms with Gasteiger partial charge in [-0.2, -0.15) is 0 Å². The standard InChI is InChI=1S/C18H20ClNO3/c1-14(23-17-9-7-16(19)8-10-17)18(21)20-11-12-22-13-15-5-3-2-4-6-15/h2-10,14H,11-13H2,1H3,(H,20,21)/t14-/m0/s1. The maximum Gasteiger partial charge on any atom is 0.260 e. The van der Waals surface area contributed by atoms with E-state index in [9.17, 15) is 4.79 Å².